The summed E-state index contributed by atoms with van der Waals surface area (Å²) in [6, 6.07) is 17.3. The van der Waals surface area contributed by atoms with Gasteiger partial charge in [-0.25, -0.2) is 4.79 Å². The molecule has 2 amide bonds. The first-order valence-corrected chi connectivity index (χ1v) is 11.6. The van der Waals surface area contributed by atoms with Crippen LogP contribution in [-0.4, -0.2) is 23.8 Å². The van der Waals surface area contributed by atoms with Crippen LogP contribution in [0, 0.1) is 5.92 Å². The molecule has 0 aromatic heterocycles. The number of benzene rings is 3. The summed E-state index contributed by atoms with van der Waals surface area (Å²) in [7, 11) is 0. The van der Waals surface area contributed by atoms with Gasteiger partial charge in [0.05, 0.1) is 16.1 Å². The first-order valence-electron chi connectivity index (χ1n) is 11.3. The third-order valence-corrected chi connectivity index (χ3v) is 5.69. The highest BCUT2D eigenvalue weighted by Crippen LogP contribution is 2.31. The Morgan fingerprint density at radius 3 is 2.16 bits per heavy atom. The molecule has 0 saturated heterocycles. The fourth-order valence-corrected chi connectivity index (χ4v) is 3.65. The highest BCUT2D eigenvalue weighted by Gasteiger charge is 2.33. The van der Waals surface area contributed by atoms with Crippen LogP contribution < -0.4 is 10.6 Å². The molecule has 2 N–H and O–H groups in total. The molecule has 0 aliphatic carbocycles. The molecular formula is C27H24ClF3N2O4. The molecule has 0 bridgehead atoms. The highest BCUT2D eigenvalue weighted by molar-refractivity contribution is 6.33. The fourth-order valence-electron chi connectivity index (χ4n) is 3.43. The molecule has 0 fully saturated rings. The number of amides is 2. The molecule has 194 valence electrons. The summed E-state index contributed by atoms with van der Waals surface area (Å²) in [5.41, 5.74) is -0.616. The Morgan fingerprint density at radius 2 is 1.54 bits per heavy atom. The molecule has 37 heavy (non-hydrogen) atoms. The number of esters is 1. The maximum atomic E-state index is 13.2. The molecule has 0 saturated carbocycles. The predicted octanol–water partition coefficient (Wildman–Crippen LogP) is 6.04. The van der Waals surface area contributed by atoms with Crippen LogP contribution in [0.5, 0.6) is 0 Å². The van der Waals surface area contributed by atoms with Crippen LogP contribution in [0.25, 0.3) is 0 Å². The number of rotatable bonds is 8. The van der Waals surface area contributed by atoms with Crippen molar-refractivity contribution in [3.8, 4) is 0 Å². The number of hydrogen-bond acceptors (Lipinski definition) is 4. The van der Waals surface area contributed by atoms with Gasteiger partial charge in [-0.15, -0.1) is 0 Å². The van der Waals surface area contributed by atoms with Crippen LogP contribution in [0.3, 0.4) is 0 Å². The Morgan fingerprint density at radius 1 is 0.892 bits per heavy atom. The predicted molar refractivity (Wildman–Crippen MR) is 133 cm³/mol. The molecule has 3 aromatic rings. The topological polar surface area (TPSA) is 84.5 Å². The van der Waals surface area contributed by atoms with Gasteiger partial charge in [-0.3, -0.25) is 9.59 Å². The minimum Gasteiger partial charge on any atom is -0.446 e. The summed E-state index contributed by atoms with van der Waals surface area (Å²) < 4.78 is 44.8. The summed E-state index contributed by atoms with van der Waals surface area (Å²) >= 11 is 6.08. The van der Waals surface area contributed by atoms with E-state index in [-0.39, 0.29) is 16.3 Å². The van der Waals surface area contributed by atoms with Crippen molar-refractivity contribution in [1.29, 1.82) is 0 Å². The van der Waals surface area contributed by atoms with Crippen molar-refractivity contribution in [1.82, 2.24) is 5.32 Å². The average Bonchev–Trinajstić information content (AvgIpc) is 2.85. The Kier molecular flexibility index (Phi) is 8.94. The molecule has 0 spiro atoms. The Bertz CT molecular complexity index is 1270. The van der Waals surface area contributed by atoms with Crippen molar-refractivity contribution in [2.45, 2.75) is 32.2 Å². The monoisotopic (exact) mass is 532 g/mol. The van der Waals surface area contributed by atoms with Crippen molar-refractivity contribution in [3.63, 3.8) is 0 Å². The molecule has 6 nitrogen and oxygen atoms in total. The van der Waals surface area contributed by atoms with E-state index in [0.29, 0.717) is 5.56 Å². The van der Waals surface area contributed by atoms with Crippen LogP contribution in [0.15, 0.2) is 78.9 Å². The number of alkyl halides is 3. The van der Waals surface area contributed by atoms with Crippen molar-refractivity contribution in [2.75, 3.05) is 5.32 Å². The van der Waals surface area contributed by atoms with E-state index in [4.69, 9.17) is 16.3 Å². The first kappa shape index (κ1) is 27.7. The van der Waals surface area contributed by atoms with Gasteiger partial charge in [-0.1, -0.05) is 74.0 Å². The van der Waals surface area contributed by atoms with Crippen molar-refractivity contribution in [2.24, 2.45) is 5.92 Å². The van der Waals surface area contributed by atoms with Crippen LogP contribution >= 0.6 is 11.6 Å². The molecule has 0 radical (unpaired) electrons. The van der Waals surface area contributed by atoms with Crippen molar-refractivity contribution in [3.05, 3.63) is 101 Å². The van der Waals surface area contributed by atoms with Crippen LogP contribution in [0.4, 0.5) is 18.9 Å². The highest BCUT2D eigenvalue weighted by atomic mass is 35.5. The number of halogens is 4. The quantitative estimate of drug-likeness (QED) is 0.347. The molecule has 0 aliphatic rings. The summed E-state index contributed by atoms with van der Waals surface area (Å²) in [5, 5.41) is 5.16. The maximum Gasteiger partial charge on any atom is 0.416 e. The largest absolute Gasteiger partial charge is 0.446 e. The van der Waals surface area contributed by atoms with E-state index in [0.717, 1.165) is 18.2 Å². The number of carbonyl (C=O) groups excluding carboxylic acids is 3. The third kappa shape index (κ3) is 7.33. The molecule has 10 heteroatoms. The van der Waals surface area contributed by atoms with Gasteiger partial charge < -0.3 is 15.4 Å². The van der Waals surface area contributed by atoms with Crippen LogP contribution in [0.2, 0.25) is 5.02 Å². The number of carbonyl (C=O) groups is 3. The Balaban J connectivity index is 1.84. The number of anilines is 1. The molecule has 3 rings (SSSR count). The van der Waals surface area contributed by atoms with E-state index < -0.39 is 47.6 Å². The van der Waals surface area contributed by atoms with Crippen molar-refractivity contribution < 1.29 is 32.3 Å². The SMILES string of the molecule is CC(C)[C@@H](NC(=O)c1ccccc1Cl)C(=O)O[C@@H](C(=O)Nc1cccc(C(F)(F)F)c1)c1ccccc1. The maximum absolute atomic E-state index is 13.2. The fraction of sp³-hybridized carbons (Fsp3) is 0.222. The lowest BCUT2D eigenvalue weighted by Gasteiger charge is -2.25. The summed E-state index contributed by atoms with van der Waals surface area (Å²) in [4.78, 5) is 39.0. The number of ether oxygens (including phenoxy) is 1. The van der Waals surface area contributed by atoms with Gasteiger partial charge in [0.25, 0.3) is 11.8 Å². The molecule has 3 aromatic carbocycles. The molecule has 0 unspecified atom stereocenters. The second kappa shape index (κ2) is 11.9. The lowest BCUT2D eigenvalue weighted by Crippen LogP contribution is -2.46. The zero-order chi connectivity index (χ0) is 27.2. The summed E-state index contributed by atoms with van der Waals surface area (Å²) in [5.74, 6) is -2.80. The van der Waals surface area contributed by atoms with Crippen LogP contribution in [-0.2, 0) is 20.5 Å². The van der Waals surface area contributed by atoms with E-state index in [1.54, 1.807) is 44.2 Å². The second-order valence-electron chi connectivity index (χ2n) is 8.47. The van der Waals surface area contributed by atoms with E-state index in [2.05, 4.69) is 10.6 Å². The van der Waals surface area contributed by atoms with Gasteiger partial charge in [-0.05, 0) is 36.2 Å². The van der Waals surface area contributed by atoms with Crippen molar-refractivity contribution >= 4 is 35.1 Å². The van der Waals surface area contributed by atoms with Crippen LogP contribution in [0.1, 0.15) is 41.4 Å². The standard InChI is InChI=1S/C27H24ClF3N2O4/c1-16(2)22(33-24(34)20-13-6-7-14-21(20)28)26(36)37-23(17-9-4-3-5-10-17)25(35)32-19-12-8-11-18(15-19)27(29,30)31/h3-16,22-23H,1-2H3,(H,32,35)(H,33,34)/t22-,23-/m1/s1. The summed E-state index contributed by atoms with van der Waals surface area (Å²) in [6.45, 7) is 3.36. The first-order chi connectivity index (χ1) is 17.5. The van der Waals surface area contributed by atoms with Gasteiger partial charge >= 0.3 is 12.1 Å². The van der Waals surface area contributed by atoms with Gasteiger partial charge in [0.15, 0.2) is 0 Å². The Labute approximate surface area is 216 Å². The number of hydrogen-bond donors (Lipinski definition) is 2. The normalized spacial score (nSPS) is 12.9. The average molecular weight is 533 g/mol. The van der Waals surface area contributed by atoms with E-state index in [1.165, 1.54) is 30.3 Å². The molecule has 2 atom stereocenters. The summed E-state index contributed by atoms with van der Waals surface area (Å²) in [6.07, 6.45) is -6.10. The minimum atomic E-state index is -4.60. The van der Waals surface area contributed by atoms with E-state index >= 15 is 0 Å². The van der Waals surface area contributed by atoms with Gasteiger partial charge in [0.2, 0.25) is 6.10 Å². The zero-order valence-electron chi connectivity index (χ0n) is 19.9. The lowest BCUT2D eigenvalue weighted by atomic mass is 10.0. The third-order valence-electron chi connectivity index (χ3n) is 5.36. The van der Waals surface area contributed by atoms with E-state index in [9.17, 15) is 27.6 Å². The van der Waals surface area contributed by atoms with E-state index in [1.807, 2.05) is 0 Å². The molecular weight excluding hydrogens is 509 g/mol. The Hall–Kier alpha value is -3.85. The minimum absolute atomic E-state index is 0.121. The zero-order valence-corrected chi connectivity index (χ0v) is 20.6. The number of nitrogens with one attached hydrogen (secondary N) is 2. The van der Waals surface area contributed by atoms with Gasteiger partial charge in [0, 0.05) is 11.3 Å². The van der Waals surface area contributed by atoms with Gasteiger partial charge in [-0.2, -0.15) is 13.2 Å². The second-order valence-corrected chi connectivity index (χ2v) is 8.88. The molecule has 0 aliphatic heterocycles. The lowest BCUT2D eigenvalue weighted by molar-refractivity contribution is -0.157. The van der Waals surface area contributed by atoms with Gasteiger partial charge in [0.1, 0.15) is 6.04 Å². The molecule has 0 heterocycles. The smallest absolute Gasteiger partial charge is 0.416 e.